The zero-order valence-corrected chi connectivity index (χ0v) is 15.2. The minimum Gasteiger partial charge on any atom is -0.350 e. The summed E-state index contributed by atoms with van der Waals surface area (Å²) in [5, 5.41) is 9.07. The first-order valence-corrected chi connectivity index (χ1v) is 9.79. The number of thioether (sulfide) groups is 1. The monoisotopic (exact) mass is 389 g/mol. The summed E-state index contributed by atoms with van der Waals surface area (Å²) in [4.78, 5) is 12.7. The van der Waals surface area contributed by atoms with Gasteiger partial charge >= 0.3 is 6.18 Å². The third-order valence-electron chi connectivity index (χ3n) is 6.00. The van der Waals surface area contributed by atoms with Crippen molar-refractivity contribution in [3.05, 3.63) is 5.82 Å². The number of amides is 1. The molecule has 144 valence electrons. The van der Waals surface area contributed by atoms with Crippen molar-refractivity contribution in [2.45, 2.75) is 67.6 Å². The predicted octanol–water partition coefficient (Wildman–Crippen LogP) is 2.58. The number of nitrogen functional groups attached to an aromatic ring is 1. The van der Waals surface area contributed by atoms with Gasteiger partial charge in [0.2, 0.25) is 11.1 Å². The van der Waals surface area contributed by atoms with Crippen LogP contribution in [0.2, 0.25) is 0 Å². The molecule has 4 aliphatic rings. The molecule has 0 radical (unpaired) electrons. The lowest BCUT2D eigenvalue weighted by atomic mass is 9.53. The Kier molecular flexibility index (Phi) is 4.16. The summed E-state index contributed by atoms with van der Waals surface area (Å²) in [6.45, 7) is 1.66. The number of alkyl halides is 3. The molecule has 0 aromatic carbocycles. The molecule has 1 amide bonds. The van der Waals surface area contributed by atoms with Crippen LogP contribution < -0.4 is 11.2 Å². The number of carbonyl (C=O) groups is 1. The minimum atomic E-state index is -4.68. The first-order chi connectivity index (χ1) is 12.2. The molecule has 4 aliphatic carbocycles. The Morgan fingerprint density at radius 2 is 1.77 bits per heavy atom. The van der Waals surface area contributed by atoms with E-state index in [1.54, 1.807) is 6.92 Å². The Morgan fingerprint density at radius 1 is 1.23 bits per heavy atom. The zero-order valence-electron chi connectivity index (χ0n) is 14.4. The van der Waals surface area contributed by atoms with Gasteiger partial charge in [-0.25, -0.2) is 4.68 Å². The SMILES string of the molecule is C[C@H](Sc1nnc(C(F)(F)F)n1N)C(=O)NC12CC3CC(CC(C3)C1)C2. The molecule has 0 unspecified atom stereocenters. The number of carbonyl (C=O) groups excluding carboxylic acids is 1. The van der Waals surface area contributed by atoms with Crippen LogP contribution in [0.15, 0.2) is 5.16 Å². The molecular formula is C16H22F3N5OS. The summed E-state index contributed by atoms with van der Waals surface area (Å²) in [5.41, 5.74) is -0.131. The van der Waals surface area contributed by atoms with Gasteiger partial charge in [-0.15, -0.1) is 10.2 Å². The van der Waals surface area contributed by atoms with E-state index in [4.69, 9.17) is 5.84 Å². The standard InChI is InChI=1S/C16H22F3N5OS/c1-8(26-14-23-22-13(24(14)20)16(17,18)19)12(25)21-15-5-9-2-10(6-15)4-11(3-9)7-15/h8-11H,2-7,20H2,1H3,(H,21,25)/t8-,9?,10?,11?,15?/m0/s1. The lowest BCUT2D eigenvalue weighted by Crippen LogP contribution is -2.60. The zero-order chi connectivity index (χ0) is 18.7. The number of hydrogen-bond donors (Lipinski definition) is 2. The summed E-state index contributed by atoms with van der Waals surface area (Å²) in [6.07, 6.45) is 2.21. The molecule has 4 fully saturated rings. The molecule has 4 saturated carbocycles. The predicted molar refractivity (Wildman–Crippen MR) is 89.5 cm³/mol. The van der Waals surface area contributed by atoms with E-state index >= 15 is 0 Å². The second-order valence-electron chi connectivity index (χ2n) is 8.12. The number of aromatic nitrogens is 3. The largest absolute Gasteiger partial charge is 0.453 e. The van der Waals surface area contributed by atoms with Crippen LogP contribution in [0.5, 0.6) is 0 Å². The van der Waals surface area contributed by atoms with Crippen LogP contribution in [0.25, 0.3) is 0 Å². The molecule has 10 heteroatoms. The first-order valence-electron chi connectivity index (χ1n) is 8.91. The Morgan fingerprint density at radius 3 is 2.23 bits per heavy atom. The van der Waals surface area contributed by atoms with Crippen molar-refractivity contribution in [1.29, 1.82) is 0 Å². The molecule has 0 saturated heterocycles. The van der Waals surface area contributed by atoms with Crippen LogP contribution in [0.4, 0.5) is 13.2 Å². The summed E-state index contributed by atoms with van der Waals surface area (Å²) in [7, 11) is 0. The maximum atomic E-state index is 12.8. The molecular weight excluding hydrogens is 367 g/mol. The van der Waals surface area contributed by atoms with E-state index in [9.17, 15) is 18.0 Å². The average molecular weight is 389 g/mol. The van der Waals surface area contributed by atoms with Gasteiger partial charge in [-0.3, -0.25) is 4.79 Å². The first kappa shape index (κ1) is 17.9. The van der Waals surface area contributed by atoms with Gasteiger partial charge < -0.3 is 11.2 Å². The van der Waals surface area contributed by atoms with Gasteiger partial charge in [0.1, 0.15) is 0 Å². The molecule has 0 aliphatic heterocycles. The highest BCUT2D eigenvalue weighted by Gasteiger charge is 2.51. The summed E-state index contributed by atoms with van der Waals surface area (Å²) in [5.74, 6) is 6.10. The third kappa shape index (κ3) is 3.16. The van der Waals surface area contributed by atoms with Crippen LogP contribution in [-0.2, 0) is 11.0 Å². The second-order valence-corrected chi connectivity index (χ2v) is 9.43. The highest BCUT2D eigenvalue weighted by atomic mass is 32.2. The van der Waals surface area contributed by atoms with Crippen LogP contribution in [0.3, 0.4) is 0 Å². The topological polar surface area (TPSA) is 85.8 Å². The Bertz CT molecular complexity index is 684. The quantitative estimate of drug-likeness (QED) is 0.611. The number of rotatable bonds is 4. The normalized spacial score (nSPS) is 34.1. The Labute approximate surface area is 153 Å². The van der Waals surface area contributed by atoms with Crippen molar-refractivity contribution in [3.8, 4) is 0 Å². The Hall–Kier alpha value is -1.45. The van der Waals surface area contributed by atoms with E-state index < -0.39 is 17.3 Å². The maximum absolute atomic E-state index is 12.8. The summed E-state index contributed by atoms with van der Waals surface area (Å²) in [6, 6.07) is 0. The van der Waals surface area contributed by atoms with E-state index in [-0.39, 0.29) is 16.6 Å². The van der Waals surface area contributed by atoms with E-state index in [0.29, 0.717) is 22.4 Å². The number of hydrogen-bond acceptors (Lipinski definition) is 5. The third-order valence-corrected chi connectivity index (χ3v) is 7.05. The van der Waals surface area contributed by atoms with E-state index in [0.717, 1.165) is 31.0 Å². The Balaban J connectivity index is 1.42. The van der Waals surface area contributed by atoms with Gasteiger partial charge in [0, 0.05) is 5.54 Å². The van der Waals surface area contributed by atoms with Gasteiger partial charge in [0.25, 0.3) is 5.82 Å². The number of nitrogens with two attached hydrogens (primary N) is 1. The van der Waals surface area contributed by atoms with Crippen molar-refractivity contribution in [2.24, 2.45) is 17.8 Å². The van der Waals surface area contributed by atoms with Crippen LogP contribution >= 0.6 is 11.8 Å². The minimum absolute atomic E-state index is 0.120. The fraction of sp³-hybridized carbons (Fsp3) is 0.812. The fourth-order valence-corrected chi connectivity index (χ4v) is 6.16. The molecule has 5 rings (SSSR count). The summed E-state index contributed by atoms with van der Waals surface area (Å²) < 4.78 is 38.7. The second kappa shape index (κ2) is 6.03. The number of nitrogens with zero attached hydrogens (tertiary/aromatic N) is 3. The average Bonchev–Trinajstić information content (AvgIpc) is 2.86. The van der Waals surface area contributed by atoms with Gasteiger partial charge in [0.05, 0.1) is 5.25 Å². The lowest BCUT2D eigenvalue weighted by Gasteiger charge is -2.57. The van der Waals surface area contributed by atoms with Gasteiger partial charge in [0.15, 0.2) is 0 Å². The smallest absolute Gasteiger partial charge is 0.350 e. The fourth-order valence-electron chi connectivity index (χ4n) is 5.39. The van der Waals surface area contributed by atoms with Crippen molar-refractivity contribution >= 4 is 17.7 Å². The highest BCUT2D eigenvalue weighted by molar-refractivity contribution is 8.00. The molecule has 6 nitrogen and oxygen atoms in total. The molecule has 26 heavy (non-hydrogen) atoms. The lowest BCUT2D eigenvalue weighted by molar-refractivity contribution is -0.146. The van der Waals surface area contributed by atoms with Gasteiger partial charge in [-0.2, -0.15) is 13.2 Å². The molecule has 3 N–H and O–H groups in total. The van der Waals surface area contributed by atoms with Crippen LogP contribution in [-0.4, -0.2) is 31.6 Å². The molecule has 1 atom stereocenters. The number of halogens is 3. The van der Waals surface area contributed by atoms with Crippen molar-refractivity contribution < 1.29 is 18.0 Å². The summed E-state index contributed by atoms with van der Waals surface area (Å²) >= 11 is 0.896. The number of nitrogens with one attached hydrogen (secondary N) is 1. The van der Waals surface area contributed by atoms with Crippen molar-refractivity contribution in [1.82, 2.24) is 20.2 Å². The van der Waals surface area contributed by atoms with Gasteiger partial charge in [-0.1, -0.05) is 11.8 Å². The molecule has 1 aromatic heterocycles. The van der Waals surface area contributed by atoms with Gasteiger partial charge in [-0.05, 0) is 63.2 Å². The maximum Gasteiger partial charge on any atom is 0.453 e. The molecule has 4 bridgehead atoms. The van der Waals surface area contributed by atoms with E-state index in [1.165, 1.54) is 19.3 Å². The van der Waals surface area contributed by atoms with Crippen LogP contribution in [0.1, 0.15) is 51.3 Å². The highest BCUT2D eigenvalue weighted by Crippen LogP contribution is 2.55. The van der Waals surface area contributed by atoms with Crippen molar-refractivity contribution in [3.63, 3.8) is 0 Å². The van der Waals surface area contributed by atoms with Crippen LogP contribution in [0, 0.1) is 17.8 Å². The van der Waals surface area contributed by atoms with Crippen molar-refractivity contribution in [2.75, 3.05) is 5.84 Å². The molecule has 0 spiro atoms. The van der Waals surface area contributed by atoms with E-state index in [2.05, 4.69) is 15.5 Å². The molecule has 1 heterocycles. The molecule has 1 aromatic rings. The van der Waals surface area contributed by atoms with E-state index in [1.807, 2.05) is 0 Å².